The van der Waals surface area contributed by atoms with Gasteiger partial charge in [0.25, 0.3) is 0 Å². The van der Waals surface area contributed by atoms with Gasteiger partial charge < -0.3 is 5.73 Å². The number of hydrogen-bond acceptors (Lipinski definition) is 5. The number of carbonyl (C=O) groups is 1. The fraction of sp³-hybridized carbons (Fsp3) is 0.222. The highest BCUT2D eigenvalue weighted by Gasteiger charge is 2.11. The van der Waals surface area contributed by atoms with Crippen molar-refractivity contribution in [2.45, 2.75) is 6.42 Å². The third kappa shape index (κ3) is 2.21. The van der Waals surface area contributed by atoms with Crippen LogP contribution >= 0.6 is 11.3 Å². The molecule has 2 heterocycles. The molecule has 0 aliphatic rings. The van der Waals surface area contributed by atoms with Crippen LogP contribution in [0.15, 0.2) is 17.6 Å². The van der Waals surface area contributed by atoms with E-state index in [4.69, 9.17) is 5.73 Å². The molecule has 0 aliphatic carbocycles. The Labute approximate surface area is 90.6 Å². The predicted octanol–water partition coefficient (Wildman–Crippen LogP) is 0.884. The van der Waals surface area contributed by atoms with E-state index in [-0.39, 0.29) is 12.2 Å². The van der Waals surface area contributed by atoms with Gasteiger partial charge in [-0.05, 0) is 6.07 Å². The second-order valence-corrected chi connectivity index (χ2v) is 4.04. The Balaban J connectivity index is 2.10. The van der Waals surface area contributed by atoms with E-state index in [2.05, 4.69) is 10.1 Å². The second-order valence-electron chi connectivity index (χ2n) is 3.15. The molecule has 5 nitrogen and oxygen atoms in total. The SMILES string of the molecule is Cn1ccc(C(=O)Cc2csc(N)n2)n1. The third-order valence-corrected chi connectivity index (χ3v) is 2.63. The Hall–Kier alpha value is -1.69. The summed E-state index contributed by atoms with van der Waals surface area (Å²) in [4.78, 5) is 15.7. The van der Waals surface area contributed by atoms with E-state index in [0.717, 1.165) is 0 Å². The first-order valence-corrected chi connectivity index (χ1v) is 5.26. The van der Waals surface area contributed by atoms with Gasteiger partial charge in [0, 0.05) is 18.6 Å². The molecule has 2 rings (SSSR count). The topological polar surface area (TPSA) is 73.8 Å². The Morgan fingerprint density at radius 2 is 2.47 bits per heavy atom. The lowest BCUT2D eigenvalue weighted by Gasteiger charge is -1.93. The minimum absolute atomic E-state index is 0.0408. The number of aromatic nitrogens is 3. The molecule has 0 amide bonds. The third-order valence-electron chi connectivity index (χ3n) is 1.91. The van der Waals surface area contributed by atoms with Crippen molar-refractivity contribution in [3.8, 4) is 0 Å². The Bertz CT molecular complexity index is 488. The van der Waals surface area contributed by atoms with Crippen molar-refractivity contribution in [2.75, 3.05) is 5.73 Å². The lowest BCUT2D eigenvalue weighted by atomic mass is 10.2. The van der Waals surface area contributed by atoms with Gasteiger partial charge in [-0.3, -0.25) is 9.48 Å². The average molecular weight is 222 g/mol. The number of nitrogens with zero attached hydrogens (tertiary/aromatic N) is 3. The molecule has 15 heavy (non-hydrogen) atoms. The van der Waals surface area contributed by atoms with Crippen LogP contribution in [-0.4, -0.2) is 20.5 Å². The summed E-state index contributed by atoms with van der Waals surface area (Å²) < 4.78 is 1.60. The summed E-state index contributed by atoms with van der Waals surface area (Å²) in [6, 6.07) is 1.69. The number of anilines is 1. The fourth-order valence-electron chi connectivity index (χ4n) is 1.22. The van der Waals surface area contributed by atoms with E-state index in [1.165, 1.54) is 11.3 Å². The molecule has 0 atom stereocenters. The van der Waals surface area contributed by atoms with Gasteiger partial charge in [0.2, 0.25) is 0 Å². The van der Waals surface area contributed by atoms with E-state index in [1.54, 1.807) is 29.4 Å². The molecule has 0 bridgehead atoms. The van der Waals surface area contributed by atoms with Crippen molar-refractivity contribution in [2.24, 2.45) is 7.05 Å². The number of hydrogen-bond donors (Lipinski definition) is 1. The highest BCUT2D eigenvalue weighted by molar-refractivity contribution is 7.13. The highest BCUT2D eigenvalue weighted by atomic mass is 32.1. The van der Waals surface area contributed by atoms with Crippen LogP contribution < -0.4 is 5.73 Å². The lowest BCUT2D eigenvalue weighted by molar-refractivity contribution is 0.0986. The summed E-state index contributed by atoms with van der Waals surface area (Å²) in [7, 11) is 1.78. The zero-order chi connectivity index (χ0) is 10.8. The van der Waals surface area contributed by atoms with Crippen LogP contribution in [0.2, 0.25) is 0 Å². The smallest absolute Gasteiger partial charge is 0.189 e. The van der Waals surface area contributed by atoms with Gasteiger partial charge in [0.1, 0.15) is 5.69 Å². The van der Waals surface area contributed by atoms with E-state index >= 15 is 0 Å². The zero-order valence-electron chi connectivity index (χ0n) is 8.17. The van der Waals surface area contributed by atoms with Gasteiger partial charge in [-0.25, -0.2) is 4.98 Å². The summed E-state index contributed by atoms with van der Waals surface area (Å²) >= 11 is 1.34. The number of carbonyl (C=O) groups excluding carboxylic acids is 1. The molecule has 0 fully saturated rings. The molecule has 0 unspecified atom stereocenters. The molecule has 0 saturated carbocycles. The minimum Gasteiger partial charge on any atom is -0.375 e. The molecule has 0 aliphatic heterocycles. The van der Waals surface area contributed by atoms with E-state index < -0.39 is 0 Å². The van der Waals surface area contributed by atoms with Gasteiger partial charge in [-0.15, -0.1) is 11.3 Å². The molecule has 0 radical (unpaired) electrons. The summed E-state index contributed by atoms with van der Waals surface area (Å²) in [5, 5.41) is 6.30. The van der Waals surface area contributed by atoms with Crippen LogP contribution in [0.4, 0.5) is 5.13 Å². The summed E-state index contributed by atoms with van der Waals surface area (Å²) in [5.74, 6) is -0.0408. The number of thiazole rings is 1. The summed E-state index contributed by atoms with van der Waals surface area (Å²) in [6.07, 6.45) is 1.99. The molecule has 0 spiro atoms. The monoisotopic (exact) mass is 222 g/mol. The average Bonchev–Trinajstić information content (AvgIpc) is 2.75. The molecule has 0 aromatic carbocycles. The van der Waals surface area contributed by atoms with E-state index in [9.17, 15) is 4.79 Å². The number of rotatable bonds is 3. The van der Waals surface area contributed by atoms with Crippen molar-refractivity contribution < 1.29 is 4.79 Å². The van der Waals surface area contributed by atoms with Gasteiger partial charge >= 0.3 is 0 Å². The Morgan fingerprint density at radius 1 is 1.67 bits per heavy atom. The maximum atomic E-state index is 11.7. The number of aryl methyl sites for hydroxylation is 1. The van der Waals surface area contributed by atoms with Crippen molar-refractivity contribution in [3.05, 3.63) is 29.0 Å². The molecule has 2 aromatic rings. The molecular weight excluding hydrogens is 212 g/mol. The minimum atomic E-state index is -0.0408. The van der Waals surface area contributed by atoms with Crippen LogP contribution in [-0.2, 0) is 13.5 Å². The van der Waals surface area contributed by atoms with Crippen molar-refractivity contribution in [1.82, 2.24) is 14.8 Å². The number of Topliss-reactive ketones (excluding diaryl/α,β-unsaturated/α-hetero) is 1. The van der Waals surface area contributed by atoms with Crippen molar-refractivity contribution in [1.29, 1.82) is 0 Å². The number of nitrogen functional groups attached to an aromatic ring is 1. The predicted molar refractivity (Wildman–Crippen MR) is 57.8 cm³/mol. The molecule has 2 N–H and O–H groups in total. The molecule has 0 saturated heterocycles. The largest absolute Gasteiger partial charge is 0.375 e. The quantitative estimate of drug-likeness (QED) is 0.782. The fourth-order valence-corrected chi connectivity index (χ4v) is 1.79. The standard InChI is InChI=1S/C9H10N4OS/c1-13-3-2-7(12-13)8(14)4-6-5-15-9(10)11-6/h2-3,5H,4H2,1H3,(H2,10,11). The molecule has 78 valence electrons. The maximum absolute atomic E-state index is 11.7. The lowest BCUT2D eigenvalue weighted by Crippen LogP contribution is -2.05. The molecular formula is C9H10N4OS. The number of ketones is 1. The second kappa shape index (κ2) is 3.82. The van der Waals surface area contributed by atoms with Gasteiger partial charge in [-0.1, -0.05) is 0 Å². The summed E-state index contributed by atoms with van der Waals surface area (Å²) in [6.45, 7) is 0. The van der Waals surface area contributed by atoms with Crippen LogP contribution in [0.25, 0.3) is 0 Å². The Kier molecular flexibility index (Phi) is 2.51. The first kappa shape index (κ1) is 9.85. The highest BCUT2D eigenvalue weighted by Crippen LogP contribution is 2.12. The normalized spacial score (nSPS) is 10.5. The zero-order valence-corrected chi connectivity index (χ0v) is 8.99. The van der Waals surface area contributed by atoms with E-state index in [0.29, 0.717) is 16.5 Å². The van der Waals surface area contributed by atoms with Crippen LogP contribution in [0.3, 0.4) is 0 Å². The molecule has 6 heteroatoms. The molecule has 2 aromatic heterocycles. The van der Waals surface area contributed by atoms with Gasteiger partial charge in [0.15, 0.2) is 10.9 Å². The summed E-state index contributed by atoms with van der Waals surface area (Å²) in [5.41, 5.74) is 6.64. The Morgan fingerprint density at radius 3 is 3.00 bits per heavy atom. The first-order valence-electron chi connectivity index (χ1n) is 4.38. The van der Waals surface area contributed by atoms with Crippen LogP contribution in [0.1, 0.15) is 16.2 Å². The number of nitrogens with two attached hydrogens (primary N) is 1. The van der Waals surface area contributed by atoms with Gasteiger partial charge in [0.05, 0.1) is 12.1 Å². The van der Waals surface area contributed by atoms with Crippen LogP contribution in [0.5, 0.6) is 0 Å². The van der Waals surface area contributed by atoms with Gasteiger partial charge in [-0.2, -0.15) is 5.10 Å². The first-order chi connectivity index (χ1) is 7.15. The van der Waals surface area contributed by atoms with Crippen LogP contribution in [0, 0.1) is 0 Å². The van der Waals surface area contributed by atoms with Crippen molar-refractivity contribution >= 4 is 22.3 Å². The maximum Gasteiger partial charge on any atom is 0.189 e. The van der Waals surface area contributed by atoms with Crippen molar-refractivity contribution in [3.63, 3.8) is 0 Å². The van der Waals surface area contributed by atoms with E-state index in [1.807, 2.05) is 0 Å².